The largest absolute Gasteiger partial charge is 0.483 e. The number of benzene rings is 2. The highest BCUT2D eigenvalue weighted by Gasteiger charge is 2.49. The van der Waals surface area contributed by atoms with Crippen LogP contribution in [0.15, 0.2) is 46.9 Å². The Hall–Kier alpha value is -2.18. The van der Waals surface area contributed by atoms with Crippen molar-refractivity contribution in [2.45, 2.75) is 25.7 Å². The number of imide groups is 1. The van der Waals surface area contributed by atoms with Crippen molar-refractivity contribution < 1.29 is 19.1 Å². The second kappa shape index (κ2) is 8.28. The molecule has 2 atom stereocenters. The van der Waals surface area contributed by atoms with E-state index in [4.69, 9.17) is 16.3 Å². The van der Waals surface area contributed by atoms with Gasteiger partial charge in [-0.1, -0.05) is 52.5 Å². The third-order valence-electron chi connectivity index (χ3n) is 5.53. The number of amides is 2. The third kappa shape index (κ3) is 3.96. The number of ketones is 1. The molecule has 5 nitrogen and oxygen atoms in total. The highest BCUT2D eigenvalue weighted by molar-refractivity contribution is 9.10. The zero-order valence-corrected chi connectivity index (χ0v) is 17.9. The van der Waals surface area contributed by atoms with Crippen molar-refractivity contribution in [3.63, 3.8) is 0 Å². The Labute approximate surface area is 182 Å². The standard InChI is InChI=1S/C22H19BrClNO4/c23-14-7-5-13(6-8-14)19(26)12-29-20-10-9-15(24)11-18(20)25-21(27)16-3-1-2-4-17(16)22(25)28/h5-11,16-17H,1-4,12H2/t16-,17+. The van der Waals surface area contributed by atoms with Crippen LogP contribution in [0.5, 0.6) is 5.75 Å². The lowest BCUT2D eigenvalue weighted by Gasteiger charge is -2.19. The first-order valence-corrected chi connectivity index (χ1v) is 10.7. The number of nitrogens with zero attached hydrogens (tertiary/aromatic N) is 1. The molecule has 2 fully saturated rings. The first-order valence-electron chi connectivity index (χ1n) is 9.54. The highest BCUT2D eigenvalue weighted by atomic mass is 79.9. The molecule has 2 amide bonds. The van der Waals surface area contributed by atoms with Gasteiger partial charge in [-0.2, -0.15) is 0 Å². The molecule has 7 heteroatoms. The van der Waals surface area contributed by atoms with Crippen LogP contribution in [0.25, 0.3) is 0 Å². The molecule has 1 aliphatic heterocycles. The SMILES string of the molecule is O=C(COc1ccc(Cl)cc1N1C(=O)[C@H]2CCCC[C@H]2C1=O)c1ccc(Br)cc1. The van der Waals surface area contributed by atoms with Crippen molar-refractivity contribution in [3.8, 4) is 5.75 Å². The first-order chi connectivity index (χ1) is 14.0. The fraction of sp³-hybridized carbons (Fsp3) is 0.318. The Morgan fingerprint density at radius 1 is 1.03 bits per heavy atom. The van der Waals surface area contributed by atoms with E-state index in [1.54, 1.807) is 42.5 Å². The third-order valence-corrected chi connectivity index (χ3v) is 6.29. The number of rotatable bonds is 5. The quantitative estimate of drug-likeness (QED) is 0.448. The van der Waals surface area contributed by atoms with Gasteiger partial charge in [0.25, 0.3) is 0 Å². The summed E-state index contributed by atoms with van der Waals surface area (Å²) in [6.07, 6.45) is 3.36. The van der Waals surface area contributed by atoms with Crippen LogP contribution in [0.2, 0.25) is 5.02 Å². The first kappa shape index (κ1) is 20.1. The average Bonchev–Trinajstić information content (AvgIpc) is 2.98. The minimum Gasteiger partial charge on any atom is -0.483 e. The molecule has 4 rings (SSSR count). The molecular formula is C22H19BrClNO4. The summed E-state index contributed by atoms with van der Waals surface area (Å²) < 4.78 is 6.61. The summed E-state index contributed by atoms with van der Waals surface area (Å²) in [7, 11) is 0. The van der Waals surface area contributed by atoms with E-state index in [2.05, 4.69) is 15.9 Å². The minimum atomic E-state index is -0.271. The van der Waals surface area contributed by atoms with Crippen molar-refractivity contribution >= 4 is 50.8 Å². The fourth-order valence-electron chi connectivity index (χ4n) is 4.05. The molecule has 2 aliphatic rings. The molecule has 150 valence electrons. The van der Waals surface area contributed by atoms with Gasteiger partial charge in [-0.05, 0) is 43.2 Å². The lowest BCUT2D eigenvalue weighted by Crippen LogP contribution is -2.31. The van der Waals surface area contributed by atoms with Crippen LogP contribution >= 0.6 is 27.5 Å². The van der Waals surface area contributed by atoms with Crippen molar-refractivity contribution in [1.82, 2.24) is 0 Å². The van der Waals surface area contributed by atoms with Gasteiger partial charge in [0.05, 0.1) is 17.5 Å². The van der Waals surface area contributed by atoms with Crippen LogP contribution in [-0.4, -0.2) is 24.2 Å². The Bertz CT molecular complexity index is 951. The monoisotopic (exact) mass is 475 g/mol. The van der Waals surface area contributed by atoms with Crippen LogP contribution < -0.4 is 9.64 Å². The molecule has 0 aromatic heterocycles. The lowest BCUT2D eigenvalue weighted by molar-refractivity contribution is -0.122. The van der Waals surface area contributed by atoms with E-state index in [1.165, 1.54) is 4.90 Å². The molecule has 1 heterocycles. The number of fused-ring (bicyclic) bond motifs is 1. The van der Waals surface area contributed by atoms with Gasteiger partial charge in [0.1, 0.15) is 5.75 Å². The maximum absolute atomic E-state index is 12.9. The molecule has 29 heavy (non-hydrogen) atoms. The summed E-state index contributed by atoms with van der Waals surface area (Å²) in [6.45, 7) is -0.209. The molecule has 0 bridgehead atoms. The number of anilines is 1. The fourth-order valence-corrected chi connectivity index (χ4v) is 4.48. The molecule has 0 N–H and O–H groups in total. The number of hydrogen-bond acceptors (Lipinski definition) is 4. The number of ether oxygens (including phenoxy) is 1. The van der Waals surface area contributed by atoms with Gasteiger partial charge >= 0.3 is 0 Å². The van der Waals surface area contributed by atoms with Crippen molar-refractivity contribution in [1.29, 1.82) is 0 Å². The molecule has 0 spiro atoms. The van der Waals surface area contributed by atoms with E-state index in [-0.39, 0.29) is 36.0 Å². The van der Waals surface area contributed by atoms with E-state index in [1.807, 2.05) is 0 Å². The normalized spacial score (nSPS) is 21.2. The summed E-state index contributed by atoms with van der Waals surface area (Å²) >= 11 is 9.48. The molecule has 1 saturated heterocycles. The van der Waals surface area contributed by atoms with Gasteiger partial charge in [-0.15, -0.1) is 0 Å². The van der Waals surface area contributed by atoms with Crippen molar-refractivity contribution in [3.05, 3.63) is 57.5 Å². The Kier molecular flexibility index (Phi) is 5.74. The molecule has 2 aromatic rings. The summed E-state index contributed by atoms with van der Waals surface area (Å²) in [5.41, 5.74) is 0.827. The van der Waals surface area contributed by atoms with Gasteiger partial charge in [-0.25, -0.2) is 4.90 Å². The zero-order chi connectivity index (χ0) is 20.5. The summed E-state index contributed by atoms with van der Waals surface area (Å²) in [6, 6.07) is 11.7. The van der Waals surface area contributed by atoms with Crippen LogP contribution in [0.1, 0.15) is 36.0 Å². The molecule has 2 aromatic carbocycles. The molecule has 0 radical (unpaired) electrons. The highest BCUT2D eigenvalue weighted by Crippen LogP contribution is 2.43. The predicted octanol–water partition coefficient (Wildman–Crippen LogP) is 5.04. The zero-order valence-electron chi connectivity index (χ0n) is 15.6. The van der Waals surface area contributed by atoms with Crippen LogP contribution in [0, 0.1) is 11.8 Å². The van der Waals surface area contributed by atoms with E-state index in [0.29, 0.717) is 22.0 Å². The number of halogens is 2. The van der Waals surface area contributed by atoms with E-state index >= 15 is 0 Å². The number of hydrogen-bond donors (Lipinski definition) is 0. The van der Waals surface area contributed by atoms with Crippen LogP contribution in [-0.2, 0) is 9.59 Å². The van der Waals surface area contributed by atoms with Crippen molar-refractivity contribution in [2.75, 3.05) is 11.5 Å². The van der Waals surface area contributed by atoms with E-state index < -0.39 is 0 Å². The predicted molar refractivity (Wildman–Crippen MR) is 113 cm³/mol. The van der Waals surface area contributed by atoms with E-state index in [9.17, 15) is 14.4 Å². The van der Waals surface area contributed by atoms with Crippen LogP contribution in [0.4, 0.5) is 5.69 Å². The second-order valence-electron chi connectivity index (χ2n) is 7.34. The lowest BCUT2D eigenvalue weighted by atomic mass is 9.81. The summed E-state index contributed by atoms with van der Waals surface area (Å²) in [5, 5.41) is 0.391. The smallest absolute Gasteiger partial charge is 0.237 e. The number of Topliss-reactive ketones (excluding diaryl/α,β-unsaturated/α-hetero) is 1. The minimum absolute atomic E-state index is 0.203. The van der Waals surface area contributed by atoms with Crippen molar-refractivity contribution in [2.24, 2.45) is 11.8 Å². The second-order valence-corrected chi connectivity index (χ2v) is 8.69. The summed E-state index contributed by atoms with van der Waals surface area (Å²) in [4.78, 5) is 39.5. The maximum atomic E-state index is 12.9. The van der Waals surface area contributed by atoms with Gasteiger partial charge in [0, 0.05) is 15.1 Å². The Balaban J connectivity index is 1.58. The molecular weight excluding hydrogens is 458 g/mol. The van der Waals surface area contributed by atoms with Gasteiger partial charge in [0.2, 0.25) is 11.8 Å². The molecule has 1 saturated carbocycles. The Morgan fingerprint density at radius 2 is 1.66 bits per heavy atom. The summed E-state index contributed by atoms with van der Waals surface area (Å²) in [5.74, 6) is -0.858. The number of carbonyl (C=O) groups excluding carboxylic acids is 3. The van der Waals surface area contributed by atoms with Crippen LogP contribution in [0.3, 0.4) is 0 Å². The van der Waals surface area contributed by atoms with Gasteiger partial charge in [-0.3, -0.25) is 14.4 Å². The van der Waals surface area contributed by atoms with Gasteiger partial charge < -0.3 is 4.74 Å². The van der Waals surface area contributed by atoms with E-state index in [0.717, 1.165) is 30.2 Å². The van der Waals surface area contributed by atoms with Gasteiger partial charge in [0.15, 0.2) is 12.4 Å². The molecule has 1 aliphatic carbocycles. The number of carbonyl (C=O) groups is 3. The molecule has 0 unspecified atom stereocenters. The average molecular weight is 477 g/mol. The Morgan fingerprint density at radius 3 is 2.28 bits per heavy atom. The maximum Gasteiger partial charge on any atom is 0.237 e. The topological polar surface area (TPSA) is 63.7 Å².